The number of rotatable bonds is 2. The number of hydrogen-bond donors (Lipinski definition) is 0. The third-order valence-corrected chi connectivity index (χ3v) is 3.44. The van der Waals surface area contributed by atoms with Gasteiger partial charge in [-0.25, -0.2) is 4.39 Å². The van der Waals surface area contributed by atoms with Crippen molar-refractivity contribution < 1.29 is 32.9 Å². The van der Waals surface area contributed by atoms with Crippen molar-refractivity contribution in [1.82, 2.24) is 0 Å². The molecule has 0 bridgehead atoms. The maximum atomic E-state index is 12.9. The normalized spacial score (nSPS) is 10.8. The number of para-hydroxylation sites is 1. The van der Waals surface area contributed by atoms with E-state index in [2.05, 4.69) is 28.8 Å². The predicted octanol–water partition coefficient (Wildman–Crippen LogP) is 0.978. The van der Waals surface area contributed by atoms with Crippen LogP contribution in [0.4, 0.5) is 4.39 Å². The Morgan fingerprint density at radius 1 is 0.857 bits per heavy atom. The van der Waals surface area contributed by atoms with Crippen LogP contribution >= 0.6 is 0 Å². The minimum Gasteiger partial charge on any atom is -1.00 e. The molecule has 1 aromatic heterocycles. The Morgan fingerprint density at radius 3 is 2.33 bits per heavy atom. The molecule has 1 nitrogen and oxygen atoms in total. The number of aromatic nitrogens is 1. The van der Waals surface area contributed by atoms with Gasteiger partial charge in [-0.3, -0.25) is 0 Å². The molecule has 0 fully saturated rings. The standard InChI is InChI=1S/C18H15FN.HI/c1-20-17(12-8-14-6-10-16(19)11-7-14)13-9-15-4-2-3-5-18(15)20;/h2-13H,1H3;1H/q+1;/p-1/b12-8-;. The zero-order chi connectivity index (χ0) is 13.9. The van der Waals surface area contributed by atoms with E-state index in [4.69, 9.17) is 0 Å². The number of fused-ring (bicyclic) bond motifs is 1. The molecule has 21 heavy (non-hydrogen) atoms. The van der Waals surface area contributed by atoms with E-state index in [-0.39, 0.29) is 29.8 Å². The first-order valence-electron chi connectivity index (χ1n) is 6.55. The largest absolute Gasteiger partial charge is 1.00 e. The van der Waals surface area contributed by atoms with Gasteiger partial charge in [0.1, 0.15) is 12.9 Å². The van der Waals surface area contributed by atoms with Crippen molar-refractivity contribution in [3.63, 3.8) is 0 Å². The summed E-state index contributed by atoms with van der Waals surface area (Å²) in [6, 6.07) is 19.0. The number of pyridine rings is 1. The van der Waals surface area contributed by atoms with Crippen LogP contribution in [-0.2, 0) is 7.05 Å². The van der Waals surface area contributed by atoms with E-state index in [9.17, 15) is 4.39 Å². The van der Waals surface area contributed by atoms with Crippen molar-refractivity contribution in [2.75, 3.05) is 0 Å². The molecule has 0 atom stereocenters. The van der Waals surface area contributed by atoms with Crippen LogP contribution in [0, 0.1) is 5.82 Å². The summed E-state index contributed by atoms with van der Waals surface area (Å²) >= 11 is 0. The minimum absolute atomic E-state index is 0. The topological polar surface area (TPSA) is 3.88 Å². The molecule has 0 unspecified atom stereocenters. The van der Waals surface area contributed by atoms with Crippen molar-refractivity contribution in [2.24, 2.45) is 7.05 Å². The van der Waals surface area contributed by atoms with Crippen LogP contribution in [0.5, 0.6) is 0 Å². The zero-order valence-electron chi connectivity index (χ0n) is 11.6. The Balaban J connectivity index is 0.00000161. The monoisotopic (exact) mass is 391 g/mol. The summed E-state index contributed by atoms with van der Waals surface area (Å²) in [5.74, 6) is -0.210. The van der Waals surface area contributed by atoms with Gasteiger partial charge in [0, 0.05) is 23.6 Å². The summed E-state index contributed by atoms with van der Waals surface area (Å²) < 4.78 is 15.0. The molecule has 0 saturated carbocycles. The Labute approximate surface area is 140 Å². The SMILES string of the molecule is C[n+]1c(/C=C\c2ccc(F)cc2)ccc2ccccc21.[I-]. The highest BCUT2D eigenvalue weighted by Crippen LogP contribution is 2.12. The summed E-state index contributed by atoms with van der Waals surface area (Å²) in [5.41, 5.74) is 3.28. The van der Waals surface area contributed by atoms with Gasteiger partial charge in [0.25, 0.3) is 0 Å². The number of benzene rings is 2. The molecule has 1 heterocycles. The molecule has 0 saturated heterocycles. The molecule has 0 spiro atoms. The van der Waals surface area contributed by atoms with Crippen molar-refractivity contribution in [3.05, 3.63) is 77.7 Å². The average molecular weight is 391 g/mol. The molecule has 106 valence electrons. The van der Waals surface area contributed by atoms with Crippen molar-refractivity contribution in [1.29, 1.82) is 0 Å². The van der Waals surface area contributed by atoms with Crippen molar-refractivity contribution in [2.45, 2.75) is 0 Å². The van der Waals surface area contributed by atoms with Crippen LogP contribution in [-0.4, -0.2) is 0 Å². The fourth-order valence-electron chi connectivity index (χ4n) is 2.28. The van der Waals surface area contributed by atoms with Crippen LogP contribution in [0.3, 0.4) is 0 Å². The van der Waals surface area contributed by atoms with Gasteiger partial charge in [0.05, 0.1) is 0 Å². The van der Waals surface area contributed by atoms with E-state index < -0.39 is 0 Å². The highest BCUT2D eigenvalue weighted by Gasteiger charge is 2.07. The van der Waals surface area contributed by atoms with E-state index >= 15 is 0 Å². The molecule has 0 aliphatic carbocycles. The van der Waals surface area contributed by atoms with E-state index in [0.29, 0.717) is 0 Å². The summed E-state index contributed by atoms with van der Waals surface area (Å²) in [6.07, 6.45) is 4.03. The minimum atomic E-state index is -0.210. The Bertz CT molecular complexity index is 779. The smallest absolute Gasteiger partial charge is 0.212 e. The molecule has 3 rings (SSSR count). The maximum Gasteiger partial charge on any atom is 0.212 e. The molecule has 0 aliphatic heterocycles. The van der Waals surface area contributed by atoms with Gasteiger partial charge in [-0.05, 0) is 35.9 Å². The second-order valence-corrected chi connectivity index (χ2v) is 4.76. The Hall–Kier alpha value is -1.75. The molecule has 0 aliphatic rings. The first kappa shape index (κ1) is 15.6. The van der Waals surface area contributed by atoms with Gasteiger partial charge in [-0.15, -0.1) is 0 Å². The van der Waals surface area contributed by atoms with Gasteiger partial charge in [0.15, 0.2) is 0 Å². The average Bonchev–Trinajstić information content (AvgIpc) is 2.49. The van der Waals surface area contributed by atoms with Gasteiger partial charge < -0.3 is 24.0 Å². The molecular weight excluding hydrogens is 376 g/mol. The number of aryl methyl sites for hydroxylation is 1. The van der Waals surface area contributed by atoms with Gasteiger partial charge in [0.2, 0.25) is 11.2 Å². The van der Waals surface area contributed by atoms with Crippen LogP contribution in [0.15, 0.2) is 60.7 Å². The fourth-order valence-corrected chi connectivity index (χ4v) is 2.28. The molecule has 3 heteroatoms. The molecule has 3 aromatic rings. The lowest BCUT2D eigenvalue weighted by molar-refractivity contribution is -0.646. The fraction of sp³-hybridized carbons (Fsp3) is 0.0556. The second-order valence-electron chi connectivity index (χ2n) is 4.76. The van der Waals surface area contributed by atoms with Crippen LogP contribution in [0.25, 0.3) is 23.1 Å². The van der Waals surface area contributed by atoms with Gasteiger partial charge in [-0.2, -0.15) is 4.57 Å². The van der Waals surface area contributed by atoms with Crippen molar-refractivity contribution in [3.8, 4) is 0 Å². The molecule has 0 radical (unpaired) electrons. The zero-order valence-corrected chi connectivity index (χ0v) is 13.8. The van der Waals surface area contributed by atoms with Crippen LogP contribution in [0.1, 0.15) is 11.3 Å². The lowest BCUT2D eigenvalue weighted by atomic mass is 10.1. The Morgan fingerprint density at radius 2 is 1.57 bits per heavy atom. The molecule has 0 N–H and O–H groups in total. The second kappa shape index (κ2) is 6.80. The maximum absolute atomic E-state index is 12.9. The number of hydrogen-bond acceptors (Lipinski definition) is 0. The van der Waals surface area contributed by atoms with E-state index in [1.54, 1.807) is 12.1 Å². The molecule has 0 amide bonds. The first-order chi connectivity index (χ1) is 9.74. The first-order valence-corrected chi connectivity index (χ1v) is 6.55. The summed E-state index contributed by atoms with van der Waals surface area (Å²) in [5, 5.41) is 1.22. The highest BCUT2D eigenvalue weighted by atomic mass is 127. The van der Waals surface area contributed by atoms with E-state index in [1.807, 2.05) is 31.3 Å². The molecule has 2 aromatic carbocycles. The molecular formula is C18H15FIN. The van der Waals surface area contributed by atoms with Crippen LogP contribution < -0.4 is 28.5 Å². The predicted molar refractivity (Wildman–Crippen MR) is 80.5 cm³/mol. The quantitative estimate of drug-likeness (QED) is 0.453. The van der Waals surface area contributed by atoms with Crippen molar-refractivity contribution >= 4 is 23.1 Å². The third kappa shape index (κ3) is 3.47. The number of halogens is 2. The lowest BCUT2D eigenvalue weighted by Gasteiger charge is -1.99. The highest BCUT2D eigenvalue weighted by molar-refractivity contribution is 5.77. The lowest BCUT2D eigenvalue weighted by Crippen LogP contribution is -3.00. The van der Waals surface area contributed by atoms with Gasteiger partial charge >= 0.3 is 0 Å². The number of nitrogens with zero attached hydrogens (tertiary/aromatic N) is 1. The van der Waals surface area contributed by atoms with Gasteiger partial charge in [-0.1, -0.05) is 24.3 Å². The summed E-state index contributed by atoms with van der Waals surface area (Å²) in [6.45, 7) is 0. The summed E-state index contributed by atoms with van der Waals surface area (Å²) in [7, 11) is 2.05. The third-order valence-electron chi connectivity index (χ3n) is 3.44. The summed E-state index contributed by atoms with van der Waals surface area (Å²) in [4.78, 5) is 0. The Kier molecular flexibility index (Phi) is 5.07. The van der Waals surface area contributed by atoms with E-state index in [1.165, 1.54) is 23.0 Å². The van der Waals surface area contributed by atoms with E-state index in [0.717, 1.165) is 11.3 Å². The van der Waals surface area contributed by atoms with Crippen LogP contribution in [0.2, 0.25) is 0 Å².